The number of nitrogens with zero attached hydrogens (tertiary/aromatic N) is 3. The number of pyridine rings is 1. The SMILES string of the molecule is Cc1ccc(S(=O)(=O)Nc2ccc3nc(N4CCN(C(C)CC(C)C)CC4)cc(C(=O)O)c3c2)cc1. The van der Waals surface area contributed by atoms with Gasteiger partial charge in [0.25, 0.3) is 10.0 Å². The molecule has 0 aliphatic carbocycles. The minimum Gasteiger partial charge on any atom is -0.478 e. The van der Waals surface area contributed by atoms with Gasteiger partial charge in [-0.3, -0.25) is 9.62 Å². The maximum absolute atomic E-state index is 12.8. The molecule has 8 nitrogen and oxygen atoms in total. The highest BCUT2D eigenvalue weighted by molar-refractivity contribution is 7.92. The van der Waals surface area contributed by atoms with Gasteiger partial charge in [0, 0.05) is 43.3 Å². The zero-order valence-corrected chi connectivity index (χ0v) is 22.0. The van der Waals surface area contributed by atoms with Crippen LogP contribution in [0.3, 0.4) is 0 Å². The highest BCUT2D eigenvalue weighted by Gasteiger charge is 2.24. The van der Waals surface area contributed by atoms with Gasteiger partial charge in [-0.1, -0.05) is 31.5 Å². The Labute approximate surface area is 213 Å². The molecule has 0 saturated carbocycles. The molecular weight excluding hydrogens is 476 g/mol. The first kappa shape index (κ1) is 25.9. The van der Waals surface area contributed by atoms with Crippen molar-refractivity contribution in [2.24, 2.45) is 5.92 Å². The van der Waals surface area contributed by atoms with Gasteiger partial charge in [-0.25, -0.2) is 18.2 Å². The zero-order valence-electron chi connectivity index (χ0n) is 21.2. The Morgan fingerprint density at radius 2 is 1.69 bits per heavy atom. The van der Waals surface area contributed by atoms with Gasteiger partial charge in [0.15, 0.2) is 0 Å². The molecular formula is C27H34N4O4S. The van der Waals surface area contributed by atoms with Gasteiger partial charge < -0.3 is 10.0 Å². The quantitative estimate of drug-likeness (QED) is 0.457. The highest BCUT2D eigenvalue weighted by atomic mass is 32.2. The number of aromatic nitrogens is 1. The lowest BCUT2D eigenvalue weighted by Crippen LogP contribution is -2.50. The highest BCUT2D eigenvalue weighted by Crippen LogP contribution is 2.28. The number of hydrogen-bond donors (Lipinski definition) is 2. The summed E-state index contributed by atoms with van der Waals surface area (Å²) in [5.74, 6) is 0.194. The van der Waals surface area contributed by atoms with Gasteiger partial charge in [0.05, 0.1) is 16.0 Å². The summed E-state index contributed by atoms with van der Waals surface area (Å²) < 4.78 is 28.2. The normalized spacial score (nSPS) is 15.9. The van der Waals surface area contributed by atoms with Gasteiger partial charge >= 0.3 is 5.97 Å². The molecule has 2 N–H and O–H groups in total. The van der Waals surface area contributed by atoms with Crippen molar-refractivity contribution in [3.05, 3.63) is 59.7 Å². The summed E-state index contributed by atoms with van der Waals surface area (Å²) in [7, 11) is -3.81. The van der Waals surface area contributed by atoms with E-state index in [0.29, 0.717) is 28.7 Å². The summed E-state index contributed by atoms with van der Waals surface area (Å²) in [4.78, 5) is 21.6. The van der Waals surface area contributed by atoms with E-state index in [1.54, 1.807) is 42.5 Å². The third-order valence-corrected chi connectivity index (χ3v) is 8.08. The molecule has 36 heavy (non-hydrogen) atoms. The number of carboxylic acid groups (broad SMARTS) is 1. The van der Waals surface area contributed by atoms with E-state index in [0.717, 1.165) is 38.2 Å². The van der Waals surface area contributed by atoms with E-state index in [2.05, 4.69) is 35.3 Å². The van der Waals surface area contributed by atoms with Gasteiger partial charge in [-0.05, 0) is 62.6 Å². The van der Waals surface area contributed by atoms with Crippen molar-refractivity contribution in [1.29, 1.82) is 0 Å². The molecule has 192 valence electrons. The molecule has 1 saturated heterocycles. The number of carbonyl (C=O) groups is 1. The van der Waals surface area contributed by atoms with Crippen molar-refractivity contribution in [3.63, 3.8) is 0 Å². The van der Waals surface area contributed by atoms with Crippen LogP contribution in [0.25, 0.3) is 10.9 Å². The van der Waals surface area contributed by atoms with Gasteiger partial charge in [0.1, 0.15) is 5.82 Å². The lowest BCUT2D eigenvalue weighted by Gasteiger charge is -2.39. The average molecular weight is 511 g/mol. The number of fused-ring (bicyclic) bond motifs is 1. The number of piperazine rings is 1. The predicted octanol–water partition coefficient (Wildman–Crippen LogP) is 4.60. The average Bonchev–Trinajstić information content (AvgIpc) is 2.83. The number of aromatic carboxylic acids is 1. The largest absolute Gasteiger partial charge is 0.478 e. The van der Waals surface area contributed by atoms with Gasteiger partial charge in [-0.15, -0.1) is 0 Å². The van der Waals surface area contributed by atoms with Crippen molar-refractivity contribution in [2.75, 3.05) is 35.8 Å². The van der Waals surface area contributed by atoms with E-state index in [4.69, 9.17) is 4.98 Å². The second-order valence-electron chi connectivity index (χ2n) is 9.99. The summed E-state index contributed by atoms with van der Waals surface area (Å²) in [6, 6.07) is 13.5. The number of aryl methyl sites for hydroxylation is 1. The topological polar surface area (TPSA) is 103 Å². The molecule has 3 aromatic rings. The van der Waals surface area contributed by atoms with Crippen LogP contribution in [0, 0.1) is 12.8 Å². The molecule has 9 heteroatoms. The van der Waals surface area contributed by atoms with Crippen LogP contribution in [0.5, 0.6) is 0 Å². The van der Waals surface area contributed by atoms with E-state index in [-0.39, 0.29) is 16.1 Å². The standard InChI is InChI=1S/C27H34N4O4S/c1-18(2)15-20(4)30-11-13-31(14-12-30)26-17-24(27(32)33)23-16-21(7-10-25(23)28-26)29-36(34,35)22-8-5-19(3)6-9-22/h5-10,16-18,20,29H,11-15H2,1-4H3,(H,32,33). The van der Waals surface area contributed by atoms with Crippen LogP contribution in [-0.4, -0.2) is 61.6 Å². The molecule has 1 atom stereocenters. The summed E-state index contributed by atoms with van der Waals surface area (Å²) in [6.07, 6.45) is 1.15. The number of benzene rings is 2. The Bertz CT molecular complexity index is 1350. The molecule has 0 radical (unpaired) electrons. The Balaban J connectivity index is 1.58. The summed E-state index contributed by atoms with van der Waals surface area (Å²) in [5, 5.41) is 10.3. The predicted molar refractivity (Wildman–Crippen MR) is 143 cm³/mol. The molecule has 0 amide bonds. The van der Waals surface area contributed by atoms with E-state index in [1.165, 1.54) is 6.07 Å². The van der Waals surface area contributed by atoms with Crippen LogP contribution in [0.1, 0.15) is 43.1 Å². The molecule has 2 aromatic carbocycles. The molecule has 1 unspecified atom stereocenters. The molecule has 1 aliphatic heterocycles. The Hall–Kier alpha value is -3.17. The first-order valence-electron chi connectivity index (χ1n) is 12.3. The van der Waals surface area contributed by atoms with E-state index in [1.807, 2.05) is 6.92 Å². The monoisotopic (exact) mass is 510 g/mol. The number of rotatable bonds is 8. The van der Waals surface area contributed by atoms with Crippen LogP contribution in [0.15, 0.2) is 53.4 Å². The minimum absolute atomic E-state index is 0.0991. The van der Waals surface area contributed by atoms with Crippen molar-refractivity contribution in [2.45, 2.75) is 45.1 Å². The summed E-state index contributed by atoms with van der Waals surface area (Å²) in [5.41, 5.74) is 1.85. The fourth-order valence-corrected chi connectivity index (χ4v) is 5.82. The first-order valence-corrected chi connectivity index (χ1v) is 13.8. The second kappa shape index (κ2) is 10.4. The number of hydrogen-bond acceptors (Lipinski definition) is 6. The maximum atomic E-state index is 12.8. The fourth-order valence-electron chi connectivity index (χ4n) is 4.77. The third kappa shape index (κ3) is 5.79. The maximum Gasteiger partial charge on any atom is 0.336 e. The van der Waals surface area contributed by atoms with E-state index < -0.39 is 16.0 Å². The Kier molecular flexibility index (Phi) is 7.51. The zero-order chi connectivity index (χ0) is 26.0. The molecule has 1 aromatic heterocycles. The smallest absolute Gasteiger partial charge is 0.336 e. The fraction of sp³-hybridized carbons (Fsp3) is 0.407. The van der Waals surface area contributed by atoms with Crippen LogP contribution in [0.4, 0.5) is 11.5 Å². The van der Waals surface area contributed by atoms with E-state index >= 15 is 0 Å². The molecule has 1 aliphatic rings. The second-order valence-corrected chi connectivity index (χ2v) is 11.7. The third-order valence-electron chi connectivity index (χ3n) is 6.68. The Morgan fingerprint density at radius 3 is 2.31 bits per heavy atom. The first-order chi connectivity index (χ1) is 17.0. The number of nitrogens with one attached hydrogen (secondary N) is 1. The lowest BCUT2D eigenvalue weighted by atomic mass is 10.0. The van der Waals surface area contributed by atoms with Crippen molar-refractivity contribution in [3.8, 4) is 0 Å². The molecule has 1 fully saturated rings. The van der Waals surface area contributed by atoms with Crippen molar-refractivity contribution < 1.29 is 18.3 Å². The summed E-state index contributed by atoms with van der Waals surface area (Å²) in [6.45, 7) is 12.0. The molecule has 4 rings (SSSR count). The van der Waals surface area contributed by atoms with Gasteiger partial charge in [0.2, 0.25) is 0 Å². The van der Waals surface area contributed by atoms with E-state index in [9.17, 15) is 18.3 Å². The number of anilines is 2. The van der Waals surface area contributed by atoms with Crippen LogP contribution in [-0.2, 0) is 10.0 Å². The lowest BCUT2D eigenvalue weighted by molar-refractivity contribution is 0.0699. The molecule has 0 spiro atoms. The molecule has 2 heterocycles. The van der Waals surface area contributed by atoms with Gasteiger partial charge in [-0.2, -0.15) is 0 Å². The number of sulfonamides is 1. The van der Waals surface area contributed by atoms with Crippen molar-refractivity contribution in [1.82, 2.24) is 9.88 Å². The van der Waals surface area contributed by atoms with Crippen LogP contribution in [0.2, 0.25) is 0 Å². The van der Waals surface area contributed by atoms with Crippen molar-refractivity contribution >= 4 is 38.4 Å². The Morgan fingerprint density at radius 1 is 1.03 bits per heavy atom. The van der Waals surface area contributed by atoms with Crippen LogP contribution >= 0.6 is 0 Å². The van der Waals surface area contributed by atoms with Crippen LogP contribution < -0.4 is 9.62 Å². The minimum atomic E-state index is -3.81. The molecule has 0 bridgehead atoms. The summed E-state index contributed by atoms with van der Waals surface area (Å²) >= 11 is 0. The number of carboxylic acids is 1.